The maximum Gasteiger partial charge on any atom is 0.246 e. The lowest BCUT2D eigenvalue weighted by atomic mass is 10.1. The second kappa shape index (κ2) is 6.07. The van der Waals surface area contributed by atoms with E-state index in [2.05, 4.69) is 24.3 Å². The van der Waals surface area contributed by atoms with Crippen molar-refractivity contribution in [2.75, 3.05) is 12.0 Å². The van der Waals surface area contributed by atoms with Gasteiger partial charge in [-0.3, -0.25) is 10.8 Å². The number of anilines is 1. The molecule has 1 aliphatic carbocycles. The fourth-order valence-corrected chi connectivity index (χ4v) is 3.88. The average molecular weight is 298 g/mol. The summed E-state index contributed by atoms with van der Waals surface area (Å²) in [4.78, 5) is 4.07. The van der Waals surface area contributed by atoms with Crippen molar-refractivity contribution >= 4 is 15.7 Å². The van der Waals surface area contributed by atoms with Gasteiger partial charge in [-0.05, 0) is 31.2 Å². The topological polar surface area (TPSA) is 88.3 Å². The first-order valence-electron chi connectivity index (χ1n) is 6.89. The van der Waals surface area contributed by atoms with Crippen LogP contribution >= 0.6 is 0 Å². The summed E-state index contributed by atoms with van der Waals surface area (Å²) in [7, 11) is -3.55. The Bertz CT molecular complexity index is 555. The van der Waals surface area contributed by atoms with Crippen molar-refractivity contribution in [2.45, 2.75) is 44.0 Å². The highest BCUT2D eigenvalue weighted by atomic mass is 32.2. The number of sulfonamides is 1. The summed E-state index contributed by atoms with van der Waals surface area (Å²) in [5.74, 6) is 5.87. The van der Waals surface area contributed by atoms with Crippen molar-refractivity contribution in [3.8, 4) is 0 Å². The Morgan fingerprint density at radius 1 is 1.50 bits per heavy atom. The van der Waals surface area contributed by atoms with Gasteiger partial charge in [-0.1, -0.05) is 13.8 Å². The third-order valence-corrected chi connectivity index (χ3v) is 5.39. The highest BCUT2D eigenvalue weighted by Gasteiger charge is 2.38. The van der Waals surface area contributed by atoms with Crippen LogP contribution in [0.3, 0.4) is 0 Å². The molecular weight excluding hydrogens is 276 g/mol. The molecule has 1 aliphatic rings. The van der Waals surface area contributed by atoms with Crippen molar-refractivity contribution in [1.82, 2.24) is 9.29 Å². The van der Waals surface area contributed by atoms with Crippen molar-refractivity contribution in [3.63, 3.8) is 0 Å². The molecule has 3 N–H and O–H groups in total. The van der Waals surface area contributed by atoms with Gasteiger partial charge in [-0.15, -0.1) is 0 Å². The van der Waals surface area contributed by atoms with Crippen molar-refractivity contribution in [1.29, 1.82) is 0 Å². The highest BCUT2D eigenvalue weighted by Crippen LogP contribution is 2.34. The maximum absolute atomic E-state index is 12.8. The number of pyridine rings is 1. The van der Waals surface area contributed by atoms with Gasteiger partial charge in [0.05, 0.1) is 5.69 Å². The zero-order valence-corrected chi connectivity index (χ0v) is 12.7. The van der Waals surface area contributed by atoms with Crippen LogP contribution < -0.4 is 11.3 Å². The Morgan fingerprint density at radius 3 is 2.75 bits per heavy atom. The van der Waals surface area contributed by atoms with E-state index in [4.69, 9.17) is 5.84 Å². The molecule has 0 unspecified atom stereocenters. The first-order valence-corrected chi connectivity index (χ1v) is 8.33. The van der Waals surface area contributed by atoms with Gasteiger partial charge in [-0.2, -0.15) is 4.31 Å². The van der Waals surface area contributed by atoms with Crippen molar-refractivity contribution in [2.24, 2.45) is 11.8 Å². The lowest BCUT2D eigenvalue weighted by Gasteiger charge is -2.23. The number of hydrogen-bond donors (Lipinski definition) is 2. The van der Waals surface area contributed by atoms with E-state index in [-0.39, 0.29) is 10.9 Å². The summed E-state index contributed by atoms with van der Waals surface area (Å²) in [5.41, 5.74) is 2.82. The molecule has 0 spiro atoms. The minimum absolute atomic E-state index is 0.129. The molecule has 20 heavy (non-hydrogen) atoms. The molecule has 1 heterocycles. The van der Waals surface area contributed by atoms with E-state index in [0.717, 1.165) is 19.3 Å². The second-order valence-electron chi connectivity index (χ2n) is 5.55. The molecule has 1 aromatic heterocycles. The molecule has 0 aromatic carbocycles. The summed E-state index contributed by atoms with van der Waals surface area (Å²) in [5, 5.41) is 0. The van der Waals surface area contributed by atoms with E-state index >= 15 is 0 Å². The normalized spacial score (nSPS) is 15.8. The number of nitrogens with one attached hydrogen (secondary N) is 1. The van der Waals surface area contributed by atoms with Crippen LogP contribution in [-0.2, 0) is 10.0 Å². The lowest BCUT2D eigenvalue weighted by Crippen LogP contribution is -2.35. The predicted octanol–water partition coefficient (Wildman–Crippen LogP) is 1.57. The summed E-state index contributed by atoms with van der Waals surface area (Å²) in [6.45, 7) is 4.73. The van der Waals surface area contributed by atoms with Crippen LogP contribution in [0.2, 0.25) is 0 Å². The SMILES string of the molecule is CC(C)CCN(C1CC1)S(=O)(=O)c1cnccc1NN. The molecule has 6 nitrogen and oxygen atoms in total. The minimum Gasteiger partial charge on any atom is -0.323 e. The Balaban J connectivity index is 2.30. The van der Waals surface area contributed by atoms with E-state index in [1.54, 1.807) is 10.4 Å². The van der Waals surface area contributed by atoms with Gasteiger partial charge >= 0.3 is 0 Å². The minimum atomic E-state index is -3.55. The number of nitrogens with zero attached hydrogens (tertiary/aromatic N) is 2. The van der Waals surface area contributed by atoms with Gasteiger partial charge in [-0.25, -0.2) is 8.42 Å². The summed E-state index contributed by atoms with van der Waals surface area (Å²) in [6.07, 6.45) is 5.59. The second-order valence-corrected chi connectivity index (χ2v) is 7.40. The molecule has 2 rings (SSSR count). The number of hydrazine groups is 1. The molecule has 0 aliphatic heterocycles. The van der Waals surface area contributed by atoms with Gasteiger partial charge in [0.2, 0.25) is 10.0 Å². The first-order chi connectivity index (χ1) is 9.46. The molecule has 0 amide bonds. The van der Waals surface area contributed by atoms with E-state index in [1.807, 2.05) is 0 Å². The largest absolute Gasteiger partial charge is 0.323 e. The molecule has 0 atom stereocenters. The summed E-state index contributed by atoms with van der Waals surface area (Å²) in [6, 6.07) is 1.70. The fourth-order valence-electron chi connectivity index (χ4n) is 2.08. The molecule has 1 aromatic rings. The number of rotatable bonds is 7. The zero-order chi connectivity index (χ0) is 14.8. The third kappa shape index (κ3) is 3.28. The van der Waals surface area contributed by atoms with Gasteiger partial charge in [0.1, 0.15) is 4.90 Å². The standard InChI is InChI=1S/C13H22N4O2S/c1-10(2)6-8-17(11-3-4-11)20(18,19)13-9-15-7-5-12(13)16-14/h5,7,9-11H,3-4,6,8,14H2,1-2H3,(H,15,16). The molecule has 0 saturated heterocycles. The van der Waals surface area contributed by atoms with Crippen LogP contribution in [0.4, 0.5) is 5.69 Å². The average Bonchev–Trinajstić information content (AvgIpc) is 3.23. The number of hydrogen-bond acceptors (Lipinski definition) is 5. The Labute approximate surface area is 120 Å². The van der Waals surface area contributed by atoms with Crippen LogP contribution in [0, 0.1) is 5.92 Å². The van der Waals surface area contributed by atoms with Gasteiger partial charge in [0, 0.05) is 25.0 Å². The summed E-state index contributed by atoms with van der Waals surface area (Å²) >= 11 is 0. The van der Waals surface area contributed by atoms with Crippen LogP contribution in [0.5, 0.6) is 0 Å². The monoisotopic (exact) mass is 298 g/mol. The number of aromatic nitrogens is 1. The van der Waals surface area contributed by atoms with Gasteiger partial charge < -0.3 is 5.43 Å². The van der Waals surface area contributed by atoms with Gasteiger partial charge in [0.25, 0.3) is 0 Å². The molecular formula is C13H22N4O2S. The van der Waals surface area contributed by atoms with Crippen LogP contribution in [0.15, 0.2) is 23.4 Å². The molecule has 1 saturated carbocycles. The number of nitrogens with two attached hydrogens (primary N) is 1. The van der Waals surface area contributed by atoms with Crippen molar-refractivity contribution in [3.05, 3.63) is 18.5 Å². The maximum atomic E-state index is 12.8. The zero-order valence-electron chi connectivity index (χ0n) is 11.9. The van der Waals surface area contributed by atoms with Gasteiger partial charge in [0.15, 0.2) is 0 Å². The van der Waals surface area contributed by atoms with E-state index < -0.39 is 10.0 Å². The van der Waals surface area contributed by atoms with E-state index in [0.29, 0.717) is 18.2 Å². The quantitative estimate of drug-likeness (QED) is 0.589. The third-order valence-electron chi connectivity index (χ3n) is 3.41. The molecule has 0 radical (unpaired) electrons. The first kappa shape index (κ1) is 15.2. The Kier molecular flexibility index (Phi) is 4.62. The smallest absolute Gasteiger partial charge is 0.246 e. The fraction of sp³-hybridized carbons (Fsp3) is 0.615. The Morgan fingerprint density at radius 2 is 2.20 bits per heavy atom. The lowest BCUT2D eigenvalue weighted by molar-refractivity contribution is 0.373. The molecule has 7 heteroatoms. The number of nitrogen functional groups attached to an aromatic ring is 1. The highest BCUT2D eigenvalue weighted by molar-refractivity contribution is 7.89. The van der Waals surface area contributed by atoms with Crippen LogP contribution in [0.1, 0.15) is 33.1 Å². The predicted molar refractivity (Wildman–Crippen MR) is 78.4 cm³/mol. The van der Waals surface area contributed by atoms with Crippen molar-refractivity contribution < 1.29 is 8.42 Å². The van der Waals surface area contributed by atoms with E-state index in [9.17, 15) is 8.42 Å². The summed E-state index contributed by atoms with van der Waals surface area (Å²) < 4.78 is 27.2. The van der Waals surface area contributed by atoms with Crippen LogP contribution in [0.25, 0.3) is 0 Å². The molecule has 1 fully saturated rings. The Hall–Kier alpha value is -1.18. The molecule has 112 valence electrons. The van der Waals surface area contributed by atoms with E-state index in [1.165, 1.54) is 12.4 Å². The van der Waals surface area contributed by atoms with Crippen LogP contribution in [-0.4, -0.2) is 30.3 Å². The molecule has 0 bridgehead atoms.